The molecule has 6 heteroatoms. The third-order valence-electron chi connectivity index (χ3n) is 2.56. The van der Waals surface area contributed by atoms with Crippen LogP contribution in [0.15, 0.2) is 12.5 Å². The molecule has 2 rings (SSSR count). The Morgan fingerprint density at radius 2 is 2.29 bits per heavy atom. The fourth-order valence-electron chi connectivity index (χ4n) is 1.74. The minimum atomic E-state index is -0.346. The fourth-order valence-corrected chi connectivity index (χ4v) is 1.74. The maximum atomic E-state index is 9.66. The highest BCUT2D eigenvalue weighted by Crippen LogP contribution is 2.17. The van der Waals surface area contributed by atoms with Crippen LogP contribution in [0, 0.1) is 0 Å². The molecule has 0 fully saturated rings. The van der Waals surface area contributed by atoms with Crippen molar-refractivity contribution >= 4 is 16.9 Å². The number of hydrogen-bond donors (Lipinski definition) is 2. The lowest BCUT2D eigenvalue weighted by molar-refractivity contribution is 0.176. The van der Waals surface area contributed by atoms with E-state index in [9.17, 15) is 5.11 Å². The van der Waals surface area contributed by atoms with E-state index in [2.05, 4.69) is 20.4 Å². The zero-order valence-corrected chi connectivity index (χ0v) is 10.1. The van der Waals surface area contributed by atoms with Crippen LogP contribution in [0.25, 0.3) is 11.0 Å². The Kier molecular flexibility index (Phi) is 3.53. The van der Waals surface area contributed by atoms with Crippen LogP contribution in [0.2, 0.25) is 0 Å². The van der Waals surface area contributed by atoms with Crippen LogP contribution in [0.5, 0.6) is 0 Å². The summed E-state index contributed by atoms with van der Waals surface area (Å²) < 4.78 is 1.70. The van der Waals surface area contributed by atoms with Gasteiger partial charge >= 0.3 is 0 Å². The molecule has 1 unspecified atom stereocenters. The Labute approximate surface area is 99.7 Å². The summed E-state index contributed by atoms with van der Waals surface area (Å²) in [6.07, 6.45) is 4.75. The van der Waals surface area contributed by atoms with Gasteiger partial charge < -0.3 is 10.4 Å². The summed E-state index contributed by atoms with van der Waals surface area (Å²) in [4.78, 5) is 8.25. The number of nitrogens with one attached hydrogen (secondary N) is 1. The van der Waals surface area contributed by atoms with E-state index >= 15 is 0 Å². The minimum Gasteiger partial charge on any atom is -0.391 e. The minimum absolute atomic E-state index is 0.346. The summed E-state index contributed by atoms with van der Waals surface area (Å²) in [6.45, 7) is 2.54. The second-order valence-corrected chi connectivity index (χ2v) is 4.09. The van der Waals surface area contributed by atoms with Crippen LogP contribution in [0.4, 0.5) is 5.82 Å². The van der Waals surface area contributed by atoms with Gasteiger partial charge in [0.1, 0.15) is 12.1 Å². The normalized spacial score (nSPS) is 12.9. The summed E-state index contributed by atoms with van der Waals surface area (Å²) in [5, 5.41) is 17.9. The predicted molar refractivity (Wildman–Crippen MR) is 65.7 cm³/mol. The van der Waals surface area contributed by atoms with Gasteiger partial charge in [-0.2, -0.15) is 5.10 Å². The zero-order valence-electron chi connectivity index (χ0n) is 10.1. The van der Waals surface area contributed by atoms with Crippen LogP contribution < -0.4 is 5.32 Å². The van der Waals surface area contributed by atoms with Gasteiger partial charge in [-0.05, 0) is 6.42 Å². The van der Waals surface area contributed by atoms with Crippen LogP contribution >= 0.6 is 0 Å². The van der Waals surface area contributed by atoms with Crippen molar-refractivity contribution in [3.63, 3.8) is 0 Å². The van der Waals surface area contributed by atoms with Crippen LogP contribution in [-0.2, 0) is 7.05 Å². The maximum Gasteiger partial charge on any atom is 0.186 e. The van der Waals surface area contributed by atoms with E-state index < -0.39 is 0 Å². The SMILES string of the molecule is CCCC(O)CNc1ncnc2nn(C)cc12. The summed E-state index contributed by atoms with van der Waals surface area (Å²) >= 11 is 0. The molecule has 0 spiro atoms. The zero-order chi connectivity index (χ0) is 12.3. The van der Waals surface area contributed by atoms with Gasteiger partial charge in [0.25, 0.3) is 0 Å². The molecule has 0 aromatic carbocycles. The first-order chi connectivity index (χ1) is 8.20. The van der Waals surface area contributed by atoms with E-state index in [-0.39, 0.29) is 6.10 Å². The van der Waals surface area contributed by atoms with Crippen molar-refractivity contribution in [1.29, 1.82) is 0 Å². The van der Waals surface area contributed by atoms with E-state index in [1.807, 2.05) is 20.2 Å². The Morgan fingerprint density at radius 3 is 3.06 bits per heavy atom. The highest BCUT2D eigenvalue weighted by atomic mass is 16.3. The number of hydrogen-bond acceptors (Lipinski definition) is 5. The first kappa shape index (κ1) is 11.8. The number of aryl methyl sites for hydroxylation is 1. The van der Waals surface area contributed by atoms with E-state index in [4.69, 9.17) is 0 Å². The number of aromatic nitrogens is 4. The second-order valence-electron chi connectivity index (χ2n) is 4.09. The number of anilines is 1. The molecule has 0 aliphatic rings. The molecule has 0 bridgehead atoms. The molecule has 2 aromatic heterocycles. The van der Waals surface area contributed by atoms with Gasteiger partial charge in [-0.25, -0.2) is 9.97 Å². The van der Waals surface area contributed by atoms with Crippen LogP contribution in [0.1, 0.15) is 19.8 Å². The molecule has 0 amide bonds. The van der Waals surface area contributed by atoms with Crippen molar-refractivity contribution in [2.75, 3.05) is 11.9 Å². The van der Waals surface area contributed by atoms with Gasteiger partial charge in [0.15, 0.2) is 5.65 Å². The van der Waals surface area contributed by atoms with Crippen molar-refractivity contribution in [3.8, 4) is 0 Å². The fraction of sp³-hybridized carbons (Fsp3) is 0.545. The van der Waals surface area contributed by atoms with Gasteiger partial charge in [0.2, 0.25) is 0 Å². The van der Waals surface area contributed by atoms with Gasteiger partial charge in [0, 0.05) is 19.8 Å². The van der Waals surface area contributed by atoms with E-state index in [1.54, 1.807) is 4.68 Å². The Hall–Kier alpha value is -1.69. The molecule has 0 aliphatic carbocycles. The Balaban J connectivity index is 2.12. The lowest BCUT2D eigenvalue weighted by atomic mass is 10.2. The van der Waals surface area contributed by atoms with Crippen molar-refractivity contribution in [3.05, 3.63) is 12.5 Å². The molecule has 2 aromatic rings. The number of aliphatic hydroxyl groups excluding tert-OH is 1. The maximum absolute atomic E-state index is 9.66. The summed E-state index contributed by atoms with van der Waals surface area (Å²) in [5.41, 5.74) is 0.662. The standard InChI is InChI=1S/C11H17N5O/c1-3-4-8(17)5-12-10-9-6-16(2)15-11(9)14-7-13-10/h6-8,17H,3-5H2,1-2H3,(H,12,13,14,15). The first-order valence-electron chi connectivity index (χ1n) is 5.77. The third kappa shape index (κ3) is 2.71. The lowest BCUT2D eigenvalue weighted by Crippen LogP contribution is -2.19. The molecule has 1 atom stereocenters. The topological polar surface area (TPSA) is 75.9 Å². The smallest absolute Gasteiger partial charge is 0.186 e. The average Bonchev–Trinajstić information content (AvgIpc) is 2.67. The number of aliphatic hydroxyl groups is 1. The van der Waals surface area contributed by atoms with E-state index in [0.717, 1.165) is 24.0 Å². The number of nitrogens with zero attached hydrogens (tertiary/aromatic N) is 4. The van der Waals surface area contributed by atoms with Crippen molar-refractivity contribution in [1.82, 2.24) is 19.7 Å². The molecule has 2 heterocycles. The highest BCUT2D eigenvalue weighted by molar-refractivity contribution is 5.85. The number of rotatable bonds is 5. The first-order valence-corrected chi connectivity index (χ1v) is 5.77. The Morgan fingerprint density at radius 1 is 1.47 bits per heavy atom. The van der Waals surface area contributed by atoms with Gasteiger partial charge in [-0.15, -0.1) is 0 Å². The molecule has 0 aliphatic heterocycles. The van der Waals surface area contributed by atoms with Gasteiger partial charge in [0.05, 0.1) is 11.5 Å². The summed E-state index contributed by atoms with van der Waals surface area (Å²) in [5.74, 6) is 0.721. The molecule has 0 radical (unpaired) electrons. The molecule has 17 heavy (non-hydrogen) atoms. The third-order valence-corrected chi connectivity index (χ3v) is 2.56. The molecular formula is C11H17N5O. The molecule has 0 saturated carbocycles. The molecular weight excluding hydrogens is 218 g/mol. The van der Waals surface area contributed by atoms with Gasteiger partial charge in [-0.1, -0.05) is 13.3 Å². The predicted octanol–water partition coefficient (Wildman–Crippen LogP) is 0.936. The van der Waals surface area contributed by atoms with Crippen LogP contribution in [0.3, 0.4) is 0 Å². The molecule has 0 saturated heterocycles. The highest BCUT2D eigenvalue weighted by Gasteiger charge is 2.08. The summed E-state index contributed by atoms with van der Waals surface area (Å²) in [6, 6.07) is 0. The molecule has 92 valence electrons. The second kappa shape index (κ2) is 5.09. The largest absolute Gasteiger partial charge is 0.391 e. The number of fused-ring (bicyclic) bond motifs is 1. The van der Waals surface area contributed by atoms with Crippen molar-refractivity contribution < 1.29 is 5.11 Å². The van der Waals surface area contributed by atoms with Crippen LogP contribution in [-0.4, -0.2) is 37.5 Å². The lowest BCUT2D eigenvalue weighted by Gasteiger charge is -2.11. The van der Waals surface area contributed by atoms with Crippen molar-refractivity contribution in [2.24, 2.45) is 7.05 Å². The van der Waals surface area contributed by atoms with E-state index in [0.29, 0.717) is 12.2 Å². The van der Waals surface area contributed by atoms with Gasteiger partial charge in [-0.3, -0.25) is 4.68 Å². The molecule has 2 N–H and O–H groups in total. The monoisotopic (exact) mass is 235 g/mol. The summed E-state index contributed by atoms with van der Waals surface area (Å²) in [7, 11) is 1.84. The molecule has 6 nitrogen and oxygen atoms in total. The quantitative estimate of drug-likeness (QED) is 0.806. The van der Waals surface area contributed by atoms with Crippen molar-refractivity contribution in [2.45, 2.75) is 25.9 Å². The Bertz CT molecular complexity index is 496. The van der Waals surface area contributed by atoms with E-state index in [1.165, 1.54) is 6.33 Å². The average molecular weight is 235 g/mol.